The Kier molecular flexibility index (Phi) is 2.99. The average Bonchev–Trinajstić information content (AvgIpc) is 1.99. The second-order valence-corrected chi connectivity index (χ2v) is 4.03. The zero-order valence-electron chi connectivity index (χ0n) is 8.22. The Hall–Kier alpha value is -0.840. The lowest BCUT2D eigenvalue weighted by Crippen LogP contribution is -2.42. The molecule has 0 aromatic heterocycles. The normalized spacial score (nSPS) is 20.1. The number of carbonyl (C=O) groups is 2. The summed E-state index contributed by atoms with van der Waals surface area (Å²) in [5, 5.41) is 0.437. The van der Waals surface area contributed by atoms with Gasteiger partial charge in [-0.2, -0.15) is 0 Å². The van der Waals surface area contributed by atoms with Gasteiger partial charge in [0, 0.05) is 19.2 Å². The average molecular weight is 263 g/mol. The van der Waals surface area contributed by atoms with E-state index in [-0.39, 0.29) is 5.57 Å². The van der Waals surface area contributed by atoms with E-state index in [1.807, 2.05) is 0 Å². The van der Waals surface area contributed by atoms with Crippen LogP contribution in [0.3, 0.4) is 0 Å². The number of carbonyl (C=O) groups excluding carboxylic acids is 2. The largest absolute Gasteiger partial charge is 0.419 e. The first-order chi connectivity index (χ1) is 6.37. The number of hydrogen-bond donors (Lipinski definition) is 0. The van der Waals surface area contributed by atoms with Gasteiger partial charge in [-0.25, -0.2) is 9.59 Å². The Morgan fingerprint density at radius 2 is 1.71 bits per heavy atom. The van der Waals surface area contributed by atoms with Gasteiger partial charge in [-0.1, -0.05) is 15.9 Å². The summed E-state index contributed by atoms with van der Waals surface area (Å²) < 4.78 is 9.84. The second-order valence-electron chi connectivity index (χ2n) is 3.47. The zero-order valence-corrected chi connectivity index (χ0v) is 9.80. The number of alkyl halides is 1. The highest BCUT2D eigenvalue weighted by Gasteiger charge is 2.39. The third-order valence-electron chi connectivity index (χ3n) is 1.71. The van der Waals surface area contributed by atoms with Crippen molar-refractivity contribution in [1.29, 1.82) is 0 Å². The van der Waals surface area contributed by atoms with Crippen LogP contribution in [0.2, 0.25) is 0 Å². The van der Waals surface area contributed by atoms with E-state index >= 15 is 0 Å². The molecule has 1 fully saturated rings. The van der Waals surface area contributed by atoms with Crippen LogP contribution in [0.1, 0.15) is 20.8 Å². The lowest BCUT2D eigenvalue weighted by atomic mass is 10.1. The van der Waals surface area contributed by atoms with Crippen LogP contribution in [0.4, 0.5) is 0 Å². The first kappa shape index (κ1) is 11.2. The fourth-order valence-corrected chi connectivity index (χ4v) is 1.35. The molecule has 78 valence electrons. The van der Waals surface area contributed by atoms with E-state index in [4.69, 9.17) is 9.47 Å². The monoisotopic (exact) mass is 262 g/mol. The molecule has 0 spiro atoms. The van der Waals surface area contributed by atoms with Crippen molar-refractivity contribution >= 4 is 27.9 Å². The van der Waals surface area contributed by atoms with Crippen LogP contribution in [0.15, 0.2) is 11.1 Å². The van der Waals surface area contributed by atoms with Gasteiger partial charge >= 0.3 is 11.9 Å². The Morgan fingerprint density at radius 3 is 2.07 bits per heavy atom. The molecule has 0 amide bonds. The minimum Gasteiger partial charge on any atom is -0.419 e. The Morgan fingerprint density at radius 1 is 1.29 bits per heavy atom. The molecular weight excluding hydrogens is 252 g/mol. The molecule has 1 aliphatic rings. The molecule has 0 saturated carbocycles. The topological polar surface area (TPSA) is 52.6 Å². The highest BCUT2D eigenvalue weighted by molar-refractivity contribution is 9.09. The quantitative estimate of drug-likeness (QED) is 0.311. The molecule has 0 unspecified atom stereocenters. The molecule has 0 atom stereocenters. The summed E-state index contributed by atoms with van der Waals surface area (Å²) in [6, 6.07) is 0. The fraction of sp³-hybridized carbons (Fsp3) is 0.556. The van der Waals surface area contributed by atoms with Crippen LogP contribution in [-0.4, -0.2) is 23.1 Å². The van der Waals surface area contributed by atoms with Gasteiger partial charge in [0.05, 0.1) is 0 Å². The molecule has 4 nitrogen and oxygen atoms in total. The number of rotatable bonds is 1. The van der Waals surface area contributed by atoms with Crippen molar-refractivity contribution in [2.24, 2.45) is 0 Å². The number of halogens is 1. The van der Waals surface area contributed by atoms with E-state index < -0.39 is 17.7 Å². The van der Waals surface area contributed by atoms with Gasteiger partial charge in [-0.15, -0.1) is 0 Å². The maximum Gasteiger partial charge on any atom is 0.348 e. The lowest BCUT2D eigenvalue weighted by Gasteiger charge is -2.30. The molecule has 0 aromatic rings. The highest BCUT2D eigenvalue weighted by atomic mass is 79.9. The summed E-state index contributed by atoms with van der Waals surface area (Å²) in [6.07, 6.45) is 0. The Balaban J connectivity index is 3.04. The van der Waals surface area contributed by atoms with E-state index in [0.717, 1.165) is 0 Å². The molecular formula is C9H11BrO4. The summed E-state index contributed by atoms with van der Waals surface area (Å²) in [4.78, 5) is 22.8. The molecule has 1 heterocycles. The van der Waals surface area contributed by atoms with E-state index in [9.17, 15) is 9.59 Å². The SMILES string of the molecule is CC(CBr)=C1C(=O)OC(C)(C)OC1=O. The van der Waals surface area contributed by atoms with Crippen molar-refractivity contribution < 1.29 is 19.1 Å². The van der Waals surface area contributed by atoms with Gasteiger partial charge < -0.3 is 9.47 Å². The molecule has 0 N–H and O–H groups in total. The van der Waals surface area contributed by atoms with Crippen LogP contribution in [0, 0.1) is 0 Å². The van der Waals surface area contributed by atoms with Crippen LogP contribution in [0.25, 0.3) is 0 Å². The van der Waals surface area contributed by atoms with Gasteiger partial charge in [0.1, 0.15) is 5.57 Å². The van der Waals surface area contributed by atoms with E-state index in [0.29, 0.717) is 10.9 Å². The summed E-state index contributed by atoms with van der Waals surface area (Å²) in [6.45, 7) is 4.71. The van der Waals surface area contributed by atoms with Crippen molar-refractivity contribution in [2.45, 2.75) is 26.6 Å². The third kappa shape index (κ3) is 2.15. The molecule has 14 heavy (non-hydrogen) atoms. The first-order valence-corrected chi connectivity index (χ1v) is 5.22. The summed E-state index contributed by atoms with van der Waals surface area (Å²) in [5.74, 6) is -2.41. The van der Waals surface area contributed by atoms with Crippen molar-refractivity contribution in [2.75, 3.05) is 5.33 Å². The lowest BCUT2D eigenvalue weighted by molar-refractivity contribution is -0.222. The van der Waals surface area contributed by atoms with Crippen molar-refractivity contribution in [3.8, 4) is 0 Å². The van der Waals surface area contributed by atoms with Crippen LogP contribution in [0.5, 0.6) is 0 Å². The summed E-state index contributed by atoms with van der Waals surface area (Å²) >= 11 is 3.16. The van der Waals surface area contributed by atoms with Crippen molar-refractivity contribution in [1.82, 2.24) is 0 Å². The molecule has 0 aliphatic carbocycles. The first-order valence-electron chi connectivity index (χ1n) is 4.10. The maximum atomic E-state index is 11.4. The highest BCUT2D eigenvalue weighted by Crippen LogP contribution is 2.24. The number of ether oxygens (including phenoxy) is 2. The molecule has 5 heteroatoms. The van der Waals surface area contributed by atoms with Gasteiger partial charge in [0.25, 0.3) is 5.79 Å². The van der Waals surface area contributed by atoms with Crippen LogP contribution < -0.4 is 0 Å². The molecule has 1 saturated heterocycles. The van der Waals surface area contributed by atoms with Gasteiger partial charge in [-0.05, 0) is 12.5 Å². The fourth-order valence-electron chi connectivity index (χ4n) is 1.07. The van der Waals surface area contributed by atoms with Gasteiger partial charge in [0.15, 0.2) is 0 Å². The predicted molar refractivity (Wildman–Crippen MR) is 52.8 cm³/mol. The Labute approximate surface area is 90.4 Å². The van der Waals surface area contributed by atoms with Crippen LogP contribution in [-0.2, 0) is 19.1 Å². The zero-order chi connectivity index (χ0) is 10.9. The minimum absolute atomic E-state index is 0.0128. The van der Waals surface area contributed by atoms with E-state index in [2.05, 4.69) is 15.9 Å². The van der Waals surface area contributed by atoms with E-state index in [1.165, 1.54) is 13.8 Å². The van der Waals surface area contributed by atoms with E-state index in [1.54, 1.807) is 6.92 Å². The third-order valence-corrected chi connectivity index (χ3v) is 2.55. The summed E-state index contributed by atoms with van der Waals surface area (Å²) in [7, 11) is 0. The molecule has 0 radical (unpaired) electrons. The number of cyclic esters (lactones) is 2. The summed E-state index contributed by atoms with van der Waals surface area (Å²) in [5.41, 5.74) is 0.594. The number of allylic oxidation sites excluding steroid dienone is 1. The van der Waals surface area contributed by atoms with Gasteiger partial charge in [0.2, 0.25) is 0 Å². The van der Waals surface area contributed by atoms with Crippen LogP contribution >= 0.6 is 15.9 Å². The molecule has 1 rings (SSSR count). The van der Waals surface area contributed by atoms with Crippen molar-refractivity contribution in [3.63, 3.8) is 0 Å². The molecule has 0 aromatic carbocycles. The molecule has 0 bridgehead atoms. The number of esters is 2. The predicted octanol–water partition coefficient (Wildman–Crippen LogP) is 1.53. The minimum atomic E-state index is -1.16. The smallest absolute Gasteiger partial charge is 0.348 e. The Bertz CT molecular complexity index is 295. The maximum absolute atomic E-state index is 11.4. The number of hydrogen-bond acceptors (Lipinski definition) is 4. The van der Waals surface area contributed by atoms with Gasteiger partial charge in [-0.3, -0.25) is 0 Å². The standard InChI is InChI=1S/C9H11BrO4/c1-5(4-10)6-7(11)13-9(2,3)14-8(6)12/h4H2,1-3H3. The van der Waals surface area contributed by atoms with Crippen molar-refractivity contribution in [3.05, 3.63) is 11.1 Å². The second kappa shape index (κ2) is 3.73. The molecule has 1 aliphatic heterocycles.